The summed E-state index contributed by atoms with van der Waals surface area (Å²) < 4.78 is 23.6. The van der Waals surface area contributed by atoms with Crippen molar-refractivity contribution < 1.29 is 18.7 Å². The van der Waals surface area contributed by atoms with E-state index in [4.69, 9.17) is 40.5 Å². The Hall–Kier alpha value is -4.53. The van der Waals surface area contributed by atoms with Crippen LogP contribution in [0.2, 0.25) is 0 Å². The molecule has 2 atom stereocenters. The maximum atomic E-state index is 9.06. The second-order valence-corrected chi connectivity index (χ2v) is 12.5. The Morgan fingerprint density at radius 3 is 2.60 bits per heavy atom. The van der Waals surface area contributed by atoms with Crippen molar-refractivity contribution in [2.24, 2.45) is 21.5 Å². The van der Waals surface area contributed by atoms with Crippen molar-refractivity contribution >= 4 is 29.5 Å². The highest BCUT2D eigenvalue weighted by Gasteiger charge is 2.28. The molecule has 10 nitrogen and oxygen atoms in total. The number of aliphatic imine (C=N–C) groups is 2. The maximum absolute atomic E-state index is 9.06. The zero-order valence-electron chi connectivity index (χ0n) is 27.4. The molecule has 1 saturated heterocycles. The summed E-state index contributed by atoms with van der Waals surface area (Å²) in [6.07, 6.45) is 4.07. The number of aromatic nitrogens is 1. The van der Waals surface area contributed by atoms with Crippen LogP contribution in [0.1, 0.15) is 62.4 Å². The Balaban J connectivity index is 1.30. The van der Waals surface area contributed by atoms with Crippen molar-refractivity contribution in [1.82, 2.24) is 5.16 Å². The Morgan fingerprint density at radius 2 is 1.87 bits per heavy atom. The number of aryl methyl sites for hydroxylation is 1. The van der Waals surface area contributed by atoms with E-state index in [-0.39, 0.29) is 12.3 Å². The fourth-order valence-electron chi connectivity index (χ4n) is 5.42. The number of nitrogens with zero attached hydrogens (tertiary/aromatic N) is 4. The fourth-order valence-corrected chi connectivity index (χ4v) is 6.59. The highest BCUT2D eigenvalue weighted by molar-refractivity contribution is 7.98. The van der Waals surface area contributed by atoms with Crippen LogP contribution in [0.5, 0.6) is 11.5 Å². The zero-order valence-corrected chi connectivity index (χ0v) is 28.2. The van der Waals surface area contributed by atoms with Crippen molar-refractivity contribution in [1.29, 1.82) is 5.26 Å². The third kappa shape index (κ3) is 8.07. The SMILES string of the molecule is CC=NC(=N\C1CCC(CSCc2c(C)noc2-c2ccc3c(c2)OCCO3)O1)/C(C(/N)=C(\C)CC)=C(\N)c1ccc(CC#N)cc1. The lowest BCUT2D eigenvalue weighted by Crippen LogP contribution is -2.20. The molecule has 11 heteroatoms. The summed E-state index contributed by atoms with van der Waals surface area (Å²) in [4.78, 5) is 9.58. The molecule has 2 aliphatic heterocycles. The van der Waals surface area contributed by atoms with E-state index in [0.717, 1.165) is 81.5 Å². The van der Waals surface area contributed by atoms with Crippen molar-refractivity contribution in [3.63, 3.8) is 0 Å². The van der Waals surface area contributed by atoms with E-state index in [1.165, 1.54) is 0 Å². The Labute approximate surface area is 280 Å². The van der Waals surface area contributed by atoms with E-state index in [1.54, 1.807) is 18.0 Å². The number of thioether (sulfide) groups is 1. The summed E-state index contributed by atoms with van der Waals surface area (Å²) in [7, 11) is 0. The lowest BCUT2D eigenvalue weighted by molar-refractivity contribution is 0.0642. The van der Waals surface area contributed by atoms with Crippen molar-refractivity contribution in [2.75, 3.05) is 19.0 Å². The predicted molar refractivity (Wildman–Crippen MR) is 187 cm³/mol. The van der Waals surface area contributed by atoms with Crippen molar-refractivity contribution in [3.05, 3.63) is 81.7 Å². The van der Waals surface area contributed by atoms with Gasteiger partial charge in [-0.2, -0.15) is 17.0 Å². The molecule has 47 heavy (non-hydrogen) atoms. The molecule has 2 unspecified atom stereocenters. The Kier molecular flexibility index (Phi) is 11.4. The maximum Gasteiger partial charge on any atom is 0.171 e. The minimum atomic E-state index is -0.375. The van der Waals surface area contributed by atoms with Crippen LogP contribution in [-0.4, -0.2) is 48.5 Å². The highest BCUT2D eigenvalue weighted by atomic mass is 32.2. The van der Waals surface area contributed by atoms with Gasteiger partial charge in [0.1, 0.15) is 13.2 Å². The van der Waals surface area contributed by atoms with Gasteiger partial charge in [-0.3, -0.25) is 0 Å². The van der Waals surface area contributed by atoms with Gasteiger partial charge in [-0.15, -0.1) is 0 Å². The van der Waals surface area contributed by atoms with Crippen LogP contribution in [0.15, 0.2) is 73.8 Å². The lowest BCUT2D eigenvalue weighted by atomic mass is 9.98. The molecule has 0 aliphatic carbocycles. The molecule has 0 amide bonds. The van der Waals surface area contributed by atoms with Crippen LogP contribution >= 0.6 is 11.8 Å². The van der Waals surface area contributed by atoms with Gasteiger partial charge in [-0.1, -0.05) is 36.3 Å². The summed E-state index contributed by atoms with van der Waals surface area (Å²) in [5.74, 6) is 4.17. The monoisotopic (exact) mass is 654 g/mol. The van der Waals surface area contributed by atoms with Gasteiger partial charge in [-0.25, -0.2) is 9.98 Å². The molecule has 0 saturated carbocycles. The third-order valence-corrected chi connectivity index (χ3v) is 9.34. The van der Waals surface area contributed by atoms with Crippen molar-refractivity contribution in [3.8, 4) is 28.9 Å². The predicted octanol–water partition coefficient (Wildman–Crippen LogP) is 6.73. The molecular formula is C36H42N6O4S. The molecule has 0 bridgehead atoms. The number of nitriles is 1. The zero-order chi connectivity index (χ0) is 33.3. The smallest absolute Gasteiger partial charge is 0.171 e. The number of amidine groups is 1. The first kappa shape index (κ1) is 33.8. The van der Waals surface area contributed by atoms with Crippen LogP contribution in [0.3, 0.4) is 0 Å². The second-order valence-electron chi connectivity index (χ2n) is 11.4. The molecule has 3 aromatic rings. The molecule has 1 aromatic heterocycles. The van der Waals surface area contributed by atoms with Gasteiger partial charge in [0.05, 0.1) is 35.6 Å². The first-order valence-corrected chi connectivity index (χ1v) is 17.0. The van der Waals surface area contributed by atoms with E-state index >= 15 is 0 Å². The molecule has 2 aliphatic rings. The van der Waals surface area contributed by atoms with E-state index in [2.05, 4.69) is 23.1 Å². The Bertz CT molecular complexity index is 1730. The number of rotatable bonds is 11. The molecule has 0 spiro atoms. The average Bonchev–Trinajstić information content (AvgIpc) is 3.70. The molecule has 4 N–H and O–H groups in total. The quantitative estimate of drug-likeness (QED) is 0.130. The number of ether oxygens (including phenoxy) is 3. The first-order valence-electron chi connectivity index (χ1n) is 15.9. The van der Waals surface area contributed by atoms with Gasteiger partial charge in [0.25, 0.3) is 0 Å². The molecular weight excluding hydrogens is 613 g/mol. The number of nitrogens with two attached hydrogens (primary N) is 2. The summed E-state index contributed by atoms with van der Waals surface area (Å²) in [6, 6.07) is 15.6. The molecule has 1 fully saturated rings. The largest absolute Gasteiger partial charge is 0.486 e. The summed E-state index contributed by atoms with van der Waals surface area (Å²) in [5, 5.41) is 13.3. The Morgan fingerprint density at radius 1 is 1.11 bits per heavy atom. The van der Waals surface area contributed by atoms with E-state index < -0.39 is 0 Å². The second kappa shape index (κ2) is 15.8. The normalized spacial score (nSPS) is 19.0. The van der Waals surface area contributed by atoms with Gasteiger partial charge < -0.3 is 30.2 Å². The van der Waals surface area contributed by atoms with Crippen LogP contribution in [0.4, 0.5) is 0 Å². The van der Waals surface area contributed by atoms with E-state index in [9.17, 15) is 0 Å². The summed E-state index contributed by atoms with van der Waals surface area (Å²) in [6.45, 7) is 8.92. The van der Waals surface area contributed by atoms with Crippen LogP contribution in [0.25, 0.3) is 17.0 Å². The highest BCUT2D eigenvalue weighted by Crippen LogP contribution is 2.37. The minimum Gasteiger partial charge on any atom is -0.486 e. The fraction of sp³-hybridized carbons (Fsp3) is 0.389. The third-order valence-electron chi connectivity index (χ3n) is 8.24. The molecule has 2 aromatic carbocycles. The standard InChI is InChI=1S/C36H42N6O4S/c1-5-22(3)33(38)32(34(39)25-9-7-24(8-10-25)15-16-37)36(40-6-2)41-31-14-12-27(45-31)20-47-21-28-23(4)42-46-35(28)26-11-13-29-30(19-26)44-18-17-43-29/h6-11,13,19,27,31H,5,12,14-15,17-18,20-21,38-39H2,1-4H3/b33-22-,34-32-,40-6?,41-36-. The number of benzene rings is 2. The van der Waals surface area contributed by atoms with Crippen LogP contribution in [0, 0.1) is 18.3 Å². The van der Waals surface area contributed by atoms with Crippen LogP contribution < -0.4 is 20.9 Å². The van der Waals surface area contributed by atoms with Crippen LogP contribution in [-0.2, 0) is 16.9 Å². The van der Waals surface area contributed by atoms with Gasteiger partial charge >= 0.3 is 0 Å². The van der Waals surface area contributed by atoms with Crippen molar-refractivity contribution in [2.45, 2.75) is 71.5 Å². The van der Waals surface area contributed by atoms with E-state index in [0.29, 0.717) is 42.4 Å². The molecule has 0 radical (unpaired) electrons. The first-order chi connectivity index (χ1) is 22.8. The van der Waals surface area contributed by atoms with Gasteiger partial charge in [-0.05, 0) is 74.9 Å². The number of hydrogen-bond donors (Lipinski definition) is 2. The number of fused-ring (bicyclic) bond motifs is 1. The topological polar surface area (TPSA) is 154 Å². The molecule has 5 rings (SSSR count). The van der Waals surface area contributed by atoms with Gasteiger partial charge in [0, 0.05) is 34.5 Å². The summed E-state index contributed by atoms with van der Waals surface area (Å²) in [5.41, 5.74) is 20.6. The minimum absolute atomic E-state index is 0.0289. The summed E-state index contributed by atoms with van der Waals surface area (Å²) >= 11 is 1.78. The average molecular weight is 655 g/mol. The van der Waals surface area contributed by atoms with Gasteiger partial charge in [0.2, 0.25) is 0 Å². The van der Waals surface area contributed by atoms with E-state index in [1.807, 2.05) is 63.2 Å². The lowest BCUT2D eigenvalue weighted by Gasteiger charge is -2.18. The molecule has 3 heterocycles. The number of allylic oxidation sites excluding steroid dienone is 1. The molecule has 246 valence electrons. The van der Waals surface area contributed by atoms with Gasteiger partial charge in [0.15, 0.2) is 29.3 Å². The number of hydrogen-bond acceptors (Lipinski definition) is 10.